The molecule has 0 unspecified atom stereocenters. The molecular formula is C28H35O3P. The quantitative estimate of drug-likeness (QED) is 0.380. The smallest absolute Gasteiger partial charge is 0.138 e. The third-order valence-electron chi connectivity index (χ3n) is 6.91. The van der Waals surface area contributed by atoms with Gasteiger partial charge in [-0.05, 0) is 52.1 Å². The molecule has 3 aromatic carbocycles. The Balaban J connectivity index is 2.08. The molecule has 0 amide bonds. The lowest BCUT2D eigenvalue weighted by Gasteiger charge is -2.50. The van der Waals surface area contributed by atoms with Crippen molar-refractivity contribution in [2.24, 2.45) is 0 Å². The molecule has 1 aliphatic heterocycles. The fourth-order valence-electron chi connectivity index (χ4n) is 5.63. The van der Waals surface area contributed by atoms with Gasteiger partial charge in [-0.15, -0.1) is 0 Å². The van der Waals surface area contributed by atoms with Crippen LogP contribution in [0.3, 0.4) is 0 Å². The fraction of sp³-hybridized carbons (Fsp3) is 0.429. The molecule has 0 N–H and O–H groups in total. The summed E-state index contributed by atoms with van der Waals surface area (Å²) in [6, 6.07) is 16.9. The van der Waals surface area contributed by atoms with Crippen LogP contribution in [-0.2, 0) is 0 Å². The first-order valence-corrected chi connectivity index (χ1v) is 12.7. The van der Waals surface area contributed by atoms with Crippen LogP contribution >= 0.6 is 7.92 Å². The number of hydrogen-bond donors (Lipinski definition) is 0. The maximum Gasteiger partial charge on any atom is 0.138 e. The molecule has 0 aliphatic carbocycles. The standard InChI is InChI=1S/C28H35O3P/c1-27(2)17-10-18-28(3,4)32(27)26-23(30-6)16-14-21(25(26)31-7)24-20-12-9-8-11-19(20)13-15-22(24)29-5/h8-9,11-16H,10,17-18H2,1-7H3. The molecule has 1 fully saturated rings. The monoisotopic (exact) mass is 450 g/mol. The summed E-state index contributed by atoms with van der Waals surface area (Å²) in [5.74, 6) is 2.71. The molecule has 1 heterocycles. The molecule has 3 nitrogen and oxygen atoms in total. The first-order chi connectivity index (χ1) is 15.2. The van der Waals surface area contributed by atoms with Crippen LogP contribution in [0.4, 0.5) is 0 Å². The van der Waals surface area contributed by atoms with Crippen molar-refractivity contribution >= 4 is 24.0 Å². The average Bonchev–Trinajstić information content (AvgIpc) is 2.76. The minimum Gasteiger partial charge on any atom is -0.496 e. The van der Waals surface area contributed by atoms with E-state index in [4.69, 9.17) is 14.2 Å². The zero-order chi connectivity index (χ0) is 23.1. The number of fused-ring (bicyclic) bond motifs is 1. The third kappa shape index (κ3) is 3.75. The molecule has 0 saturated carbocycles. The second kappa shape index (κ2) is 8.60. The number of rotatable bonds is 5. The molecule has 0 bridgehead atoms. The highest BCUT2D eigenvalue weighted by molar-refractivity contribution is 7.69. The van der Waals surface area contributed by atoms with Gasteiger partial charge in [-0.1, -0.05) is 72.4 Å². The van der Waals surface area contributed by atoms with E-state index in [2.05, 4.69) is 76.2 Å². The summed E-state index contributed by atoms with van der Waals surface area (Å²) in [4.78, 5) is 0. The van der Waals surface area contributed by atoms with Gasteiger partial charge in [0.1, 0.15) is 17.2 Å². The van der Waals surface area contributed by atoms with E-state index in [1.165, 1.54) is 30.0 Å². The summed E-state index contributed by atoms with van der Waals surface area (Å²) in [6.45, 7) is 9.68. The van der Waals surface area contributed by atoms with Gasteiger partial charge in [0.05, 0.1) is 26.6 Å². The predicted octanol–water partition coefficient (Wildman–Crippen LogP) is 7.38. The van der Waals surface area contributed by atoms with Crippen molar-refractivity contribution in [1.29, 1.82) is 0 Å². The van der Waals surface area contributed by atoms with E-state index >= 15 is 0 Å². The molecule has 32 heavy (non-hydrogen) atoms. The predicted molar refractivity (Wildman–Crippen MR) is 138 cm³/mol. The van der Waals surface area contributed by atoms with Gasteiger partial charge in [0, 0.05) is 11.1 Å². The summed E-state index contributed by atoms with van der Waals surface area (Å²) in [5, 5.41) is 3.98. The first-order valence-electron chi connectivity index (χ1n) is 11.4. The van der Waals surface area contributed by atoms with Crippen molar-refractivity contribution in [1.82, 2.24) is 0 Å². The topological polar surface area (TPSA) is 27.7 Å². The van der Waals surface area contributed by atoms with E-state index in [9.17, 15) is 0 Å². The maximum atomic E-state index is 6.24. The molecule has 0 radical (unpaired) electrons. The maximum absolute atomic E-state index is 6.24. The molecule has 3 aromatic rings. The minimum atomic E-state index is -0.561. The largest absolute Gasteiger partial charge is 0.496 e. The average molecular weight is 451 g/mol. The van der Waals surface area contributed by atoms with Crippen LogP contribution in [0.25, 0.3) is 21.9 Å². The Bertz CT molecular complexity index is 1120. The highest BCUT2D eigenvalue weighted by Crippen LogP contribution is 2.67. The van der Waals surface area contributed by atoms with Crippen LogP contribution in [-0.4, -0.2) is 31.6 Å². The molecule has 1 aliphatic rings. The molecule has 1 saturated heterocycles. The molecule has 0 aromatic heterocycles. The van der Waals surface area contributed by atoms with Gasteiger partial charge in [-0.25, -0.2) is 0 Å². The van der Waals surface area contributed by atoms with Gasteiger partial charge >= 0.3 is 0 Å². The first kappa shape index (κ1) is 22.9. The van der Waals surface area contributed by atoms with Crippen molar-refractivity contribution in [3.8, 4) is 28.4 Å². The second-order valence-electron chi connectivity index (χ2n) is 9.88. The lowest BCUT2D eigenvalue weighted by atomic mass is 9.96. The SMILES string of the molecule is COc1ccc(-c2c(OC)ccc3ccccc23)c(OC)c1P1C(C)(C)CCCC1(C)C. The summed E-state index contributed by atoms with van der Waals surface area (Å²) >= 11 is 0. The van der Waals surface area contributed by atoms with Gasteiger partial charge in [0.2, 0.25) is 0 Å². The Hall–Kier alpha value is -2.25. The molecule has 4 heteroatoms. The van der Waals surface area contributed by atoms with Gasteiger partial charge in [0.25, 0.3) is 0 Å². The molecule has 4 rings (SSSR count). The van der Waals surface area contributed by atoms with E-state index < -0.39 is 7.92 Å². The molecular weight excluding hydrogens is 415 g/mol. The van der Waals surface area contributed by atoms with Crippen LogP contribution in [0.15, 0.2) is 48.5 Å². The Kier molecular flexibility index (Phi) is 6.16. The van der Waals surface area contributed by atoms with Crippen LogP contribution in [0.5, 0.6) is 17.2 Å². The van der Waals surface area contributed by atoms with Crippen LogP contribution in [0.1, 0.15) is 47.0 Å². The number of ether oxygens (including phenoxy) is 3. The van der Waals surface area contributed by atoms with E-state index in [0.29, 0.717) is 0 Å². The third-order valence-corrected chi connectivity index (χ3v) is 10.6. The summed E-state index contributed by atoms with van der Waals surface area (Å²) in [7, 11) is 4.74. The lowest BCUT2D eigenvalue weighted by Crippen LogP contribution is -2.40. The van der Waals surface area contributed by atoms with E-state index in [-0.39, 0.29) is 10.3 Å². The Morgan fingerprint density at radius 2 is 1.34 bits per heavy atom. The summed E-state index contributed by atoms with van der Waals surface area (Å²) < 4.78 is 18.1. The van der Waals surface area contributed by atoms with Crippen molar-refractivity contribution < 1.29 is 14.2 Å². The summed E-state index contributed by atoms with van der Waals surface area (Å²) in [6.07, 6.45) is 3.70. The Labute approximate surface area is 193 Å². The second-order valence-corrected chi connectivity index (χ2v) is 13.4. The van der Waals surface area contributed by atoms with E-state index in [0.717, 1.165) is 33.8 Å². The molecule has 170 valence electrons. The Morgan fingerprint density at radius 3 is 1.97 bits per heavy atom. The number of benzene rings is 3. The number of methoxy groups -OCH3 is 3. The van der Waals surface area contributed by atoms with Gasteiger partial charge in [-0.2, -0.15) is 0 Å². The highest BCUT2D eigenvalue weighted by Gasteiger charge is 2.47. The van der Waals surface area contributed by atoms with Gasteiger partial charge < -0.3 is 14.2 Å². The molecule has 0 spiro atoms. The Morgan fingerprint density at radius 1 is 0.719 bits per heavy atom. The van der Waals surface area contributed by atoms with Crippen LogP contribution in [0, 0.1) is 0 Å². The van der Waals surface area contributed by atoms with Gasteiger partial charge in [0.15, 0.2) is 0 Å². The van der Waals surface area contributed by atoms with Gasteiger partial charge in [-0.3, -0.25) is 0 Å². The van der Waals surface area contributed by atoms with Crippen molar-refractivity contribution in [2.75, 3.05) is 21.3 Å². The fourth-order valence-corrected chi connectivity index (χ4v) is 10.0. The zero-order valence-electron chi connectivity index (χ0n) is 20.4. The lowest BCUT2D eigenvalue weighted by molar-refractivity contribution is 0.398. The van der Waals surface area contributed by atoms with Crippen LogP contribution < -0.4 is 19.5 Å². The highest BCUT2D eigenvalue weighted by atomic mass is 31.1. The number of hydrogen-bond acceptors (Lipinski definition) is 3. The van der Waals surface area contributed by atoms with Crippen molar-refractivity contribution in [3.63, 3.8) is 0 Å². The van der Waals surface area contributed by atoms with Crippen molar-refractivity contribution in [3.05, 3.63) is 48.5 Å². The normalized spacial score (nSPS) is 17.8. The zero-order valence-corrected chi connectivity index (χ0v) is 21.3. The molecule has 0 atom stereocenters. The van der Waals surface area contributed by atoms with Crippen LogP contribution in [0.2, 0.25) is 0 Å². The van der Waals surface area contributed by atoms with Crippen molar-refractivity contribution in [2.45, 2.75) is 57.3 Å². The summed E-state index contributed by atoms with van der Waals surface area (Å²) in [5.41, 5.74) is 2.14. The minimum absolute atomic E-state index is 0.194. The van der Waals surface area contributed by atoms with E-state index in [1.54, 1.807) is 21.3 Å². The van der Waals surface area contributed by atoms with E-state index in [1.807, 2.05) is 0 Å².